The molecule has 3 N–H and O–H groups in total. The highest BCUT2D eigenvalue weighted by atomic mass is 35.5. The minimum Gasteiger partial charge on any atom is -0.508 e. The van der Waals surface area contributed by atoms with Crippen molar-refractivity contribution >= 4 is 47.4 Å². The zero-order chi connectivity index (χ0) is 19.3. The van der Waals surface area contributed by atoms with Crippen LogP contribution in [0, 0.1) is 0 Å². The third-order valence-corrected chi connectivity index (χ3v) is 4.04. The smallest absolute Gasteiger partial charge is 0.363 e. The van der Waals surface area contributed by atoms with Gasteiger partial charge in [0.2, 0.25) is 0 Å². The summed E-state index contributed by atoms with van der Waals surface area (Å²) in [6.45, 7) is 1.92. The van der Waals surface area contributed by atoms with Crippen LogP contribution in [0.5, 0.6) is 11.5 Å². The van der Waals surface area contributed by atoms with E-state index in [0.29, 0.717) is 11.1 Å². The second kappa shape index (κ2) is 10.4. The second-order valence-electron chi connectivity index (χ2n) is 5.20. The van der Waals surface area contributed by atoms with E-state index in [0.717, 1.165) is 0 Å². The number of hydrogen-bond donors (Lipinski definition) is 2. The maximum Gasteiger partial charge on any atom is 0.363 e. The Morgan fingerprint density at radius 3 is 2.52 bits per heavy atom. The van der Waals surface area contributed by atoms with E-state index in [1.54, 1.807) is 6.92 Å². The fourth-order valence-electron chi connectivity index (χ4n) is 2.17. The molecule has 0 saturated heterocycles. The predicted molar refractivity (Wildman–Crippen MR) is 105 cm³/mol. The molecule has 27 heavy (non-hydrogen) atoms. The van der Waals surface area contributed by atoms with Crippen molar-refractivity contribution in [3.05, 3.63) is 58.1 Å². The molecule has 0 aromatic heterocycles. The van der Waals surface area contributed by atoms with Crippen molar-refractivity contribution in [1.82, 2.24) is 0 Å². The molecular formula is C18H18Cl3NO5. The number of rotatable bonds is 7. The summed E-state index contributed by atoms with van der Waals surface area (Å²) >= 11 is 12.0. The van der Waals surface area contributed by atoms with Crippen molar-refractivity contribution < 1.29 is 24.2 Å². The summed E-state index contributed by atoms with van der Waals surface area (Å²) in [6, 6.07) is 8.70. The Kier molecular flexibility index (Phi) is 8.85. The highest BCUT2D eigenvalue weighted by Gasteiger charge is 2.20. The molecule has 2 aromatic carbocycles. The minimum absolute atomic E-state index is 0. The SMILES string of the molecule is CCOC(=O)C(Cl)Oc1ccc(C(=O)c2ccc(O)c(CN)c2)c(Cl)c1.Cl. The highest BCUT2D eigenvalue weighted by Crippen LogP contribution is 2.27. The summed E-state index contributed by atoms with van der Waals surface area (Å²) in [7, 11) is 0. The van der Waals surface area contributed by atoms with Gasteiger partial charge in [-0.2, -0.15) is 0 Å². The van der Waals surface area contributed by atoms with Crippen molar-refractivity contribution in [3.63, 3.8) is 0 Å². The van der Waals surface area contributed by atoms with Crippen LogP contribution in [0.2, 0.25) is 5.02 Å². The molecule has 1 unspecified atom stereocenters. The summed E-state index contributed by atoms with van der Waals surface area (Å²) in [4.78, 5) is 24.1. The molecular weight excluding hydrogens is 417 g/mol. The van der Waals surface area contributed by atoms with E-state index in [2.05, 4.69) is 0 Å². The van der Waals surface area contributed by atoms with Gasteiger partial charge in [0.05, 0.1) is 11.6 Å². The van der Waals surface area contributed by atoms with E-state index in [1.165, 1.54) is 36.4 Å². The Bertz CT molecular complexity index is 829. The lowest BCUT2D eigenvalue weighted by Gasteiger charge is -2.13. The summed E-state index contributed by atoms with van der Waals surface area (Å²) in [6.07, 6.45) is 0. The van der Waals surface area contributed by atoms with E-state index in [-0.39, 0.29) is 53.4 Å². The standard InChI is InChI=1S/C18H17Cl2NO5.ClH/c1-2-25-18(24)17(20)26-12-4-5-13(14(19)8-12)16(23)10-3-6-15(22)11(7-10)9-21;/h3-8,17,22H,2,9,21H2,1H3;1H. The average molecular weight is 435 g/mol. The van der Waals surface area contributed by atoms with Crippen LogP contribution >= 0.6 is 35.6 Å². The summed E-state index contributed by atoms with van der Waals surface area (Å²) < 4.78 is 9.99. The lowest BCUT2D eigenvalue weighted by Crippen LogP contribution is -2.23. The number of nitrogens with two attached hydrogens (primary N) is 1. The molecule has 0 bridgehead atoms. The molecule has 2 aromatic rings. The number of halogens is 3. The van der Waals surface area contributed by atoms with Crippen LogP contribution in [0.4, 0.5) is 0 Å². The zero-order valence-electron chi connectivity index (χ0n) is 14.3. The van der Waals surface area contributed by atoms with Gasteiger partial charge in [-0.15, -0.1) is 12.4 Å². The average Bonchev–Trinajstić information content (AvgIpc) is 2.62. The number of phenolic OH excluding ortho intramolecular Hbond substituents is 1. The third kappa shape index (κ3) is 5.74. The van der Waals surface area contributed by atoms with Crippen molar-refractivity contribution in [2.75, 3.05) is 6.61 Å². The first kappa shape index (κ1) is 23.0. The lowest BCUT2D eigenvalue weighted by atomic mass is 10.0. The van der Waals surface area contributed by atoms with Gasteiger partial charge in [0.25, 0.3) is 5.56 Å². The second-order valence-corrected chi connectivity index (χ2v) is 6.01. The van der Waals surface area contributed by atoms with Gasteiger partial charge in [-0.3, -0.25) is 4.79 Å². The number of ether oxygens (including phenoxy) is 2. The molecule has 0 amide bonds. The van der Waals surface area contributed by atoms with Gasteiger partial charge in [0.1, 0.15) is 11.5 Å². The molecule has 0 fully saturated rings. The number of carbonyl (C=O) groups is 2. The molecule has 0 aliphatic rings. The van der Waals surface area contributed by atoms with E-state index in [1.807, 2.05) is 0 Å². The molecule has 0 saturated carbocycles. The molecule has 146 valence electrons. The van der Waals surface area contributed by atoms with Crippen molar-refractivity contribution in [2.24, 2.45) is 5.73 Å². The van der Waals surface area contributed by atoms with Gasteiger partial charge in [-0.05, 0) is 43.3 Å². The Balaban J connectivity index is 0.00000364. The number of aromatic hydroxyl groups is 1. The first-order chi connectivity index (χ1) is 12.4. The molecule has 0 radical (unpaired) electrons. The number of alkyl halides is 1. The summed E-state index contributed by atoms with van der Waals surface area (Å²) in [5.74, 6) is -0.827. The van der Waals surface area contributed by atoms with Crippen molar-refractivity contribution in [2.45, 2.75) is 19.0 Å². The van der Waals surface area contributed by atoms with Crippen LogP contribution < -0.4 is 10.5 Å². The van der Waals surface area contributed by atoms with Gasteiger partial charge in [0, 0.05) is 23.2 Å². The molecule has 0 spiro atoms. The quantitative estimate of drug-likeness (QED) is 0.392. The number of carbonyl (C=O) groups excluding carboxylic acids is 2. The van der Waals surface area contributed by atoms with E-state index in [9.17, 15) is 14.7 Å². The maximum absolute atomic E-state index is 12.6. The van der Waals surface area contributed by atoms with Crippen LogP contribution in [-0.4, -0.2) is 29.0 Å². The Labute approximate surface area is 172 Å². The minimum atomic E-state index is -1.32. The van der Waals surface area contributed by atoms with Crippen LogP contribution in [0.3, 0.4) is 0 Å². The maximum atomic E-state index is 12.6. The van der Waals surface area contributed by atoms with Crippen molar-refractivity contribution in [1.29, 1.82) is 0 Å². The number of ketones is 1. The van der Waals surface area contributed by atoms with E-state index < -0.39 is 11.5 Å². The Morgan fingerprint density at radius 1 is 1.22 bits per heavy atom. The molecule has 0 heterocycles. The molecule has 0 aliphatic carbocycles. The lowest BCUT2D eigenvalue weighted by molar-refractivity contribution is -0.147. The van der Waals surface area contributed by atoms with Gasteiger partial charge in [-0.1, -0.05) is 23.2 Å². The third-order valence-electron chi connectivity index (χ3n) is 3.46. The van der Waals surface area contributed by atoms with Gasteiger partial charge in [0.15, 0.2) is 5.78 Å². The van der Waals surface area contributed by atoms with Gasteiger partial charge in [-0.25, -0.2) is 4.79 Å². The number of phenols is 1. The van der Waals surface area contributed by atoms with Crippen LogP contribution in [0.25, 0.3) is 0 Å². The summed E-state index contributed by atoms with van der Waals surface area (Å²) in [5, 5.41) is 9.79. The summed E-state index contributed by atoms with van der Waals surface area (Å²) in [5.41, 5.74) is 5.23. The first-order valence-electron chi connectivity index (χ1n) is 7.71. The van der Waals surface area contributed by atoms with Crippen LogP contribution in [0.15, 0.2) is 36.4 Å². The van der Waals surface area contributed by atoms with Crippen molar-refractivity contribution in [3.8, 4) is 11.5 Å². The largest absolute Gasteiger partial charge is 0.508 e. The normalized spacial score (nSPS) is 11.3. The molecule has 0 aliphatic heterocycles. The van der Waals surface area contributed by atoms with E-state index >= 15 is 0 Å². The molecule has 9 heteroatoms. The van der Waals surface area contributed by atoms with Crippen LogP contribution in [-0.2, 0) is 16.1 Å². The molecule has 2 rings (SSSR count). The van der Waals surface area contributed by atoms with Gasteiger partial charge < -0.3 is 20.3 Å². The predicted octanol–water partition coefficient (Wildman–Crippen LogP) is 3.66. The zero-order valence-corrected chi connectivity index (χ0v) is 16.6. The Hall–Kier alpha value is -1.99. The topological polar surface area (TPSA) is 98.8 Å². The molecule has 1 atom stereocenters. The van der Waals surface area contributed by atoms with Crippen LogP contribution in [0.1, 0.15) is 28.4 Å². The number of hydrogen-bond acceptors (Lipinski definition) is 6. The van der Waals surface area contributed by atoms with E-state index in [4.69, 9.17) is 38.4 Å². The number of esters is 1. The monoisotopic (exact) mass is 433 g/mol. The first-order valence-corrected chi connectivity index (χ1v) is 8.52. The Morgan fingerprint density at radius 2 is 1.93 bits per heavy atom. The fourth-order valence-corrected chi connectivity index (χ4v) is 2.60. The number of benzene rings is 2. The highest BCUT2D eigenvalue weighted by molar-refractivity contribution is 6.35. The fraction of sp³-hybridized carbons (Fsp3) is 0.222. The van der Waals surface area contributed by atoms with Gasteiger partial charge >= 0.3 is 5.97 Å². The molecule has 6 nitrogen and oxygen atoms in total.